The molecule has 104 valence electrons. The Hall–Kier alpha value is -0.610. The first-order valence-electron chi connectivity index (χ1n) is 6.99. The summed E-state index contributed by atoms with van der Waals surface area (Å²) >= 11 is 0. The number of nitrogens with two attached hydrogens (primary N) is 1. The van der Waals surface area contributed by atoms with Crippen molar-refractivity contribution >= 4 is 5.91 Å². The van der Waals surface area contributed by atoms with E-state index >= 15 is 0 Å². The fourth-order valence-corrected chi connectivity index (χ4v) is 3.09. The SMILES string of the molecule is CC1OC(C)C(C(=O)N2CC(N)(C(C)C)C2)C1C. The first-order valence-corrected chi connectivity index (χ1v) is 6.99. The van der Waals surface area contributed by atoms with E-state index in [0.29, 0.717) is 24.9 Å². The van der Waals surface area contributed by atoms with Crippen molar-refractivity contribution in [3.8, 4) is 0 Å². The maximum Gasteiger partial charge on any atom is 0.228 e. The van der Waals surface area contributed by atoms with Crippen LogP contribution in [0, 0.1) is 17.8 Å². The zero-order valence-electron chi connectivity index (χ0n) is 12.1. The van der Waals surface area contributed by atoms with Crippen molar-refractivity contribution < 1.29 is 9.53 Å². The van der Waals surface area contributed by atoms with Crippen LogP contribution in [0.3, 0.4) is 0 Å². The summed E-state index contributed by atoms with van der Waals surface area (Å²) in [6.45, 7) is 11.8. The second-order valence-electron chi connectivity index (χ2n) is 6.51. The highest BCUT2D eigenvalue weighted by Crippen LogP contribution is 2.36. The summed E-state index contributed by atoms with van der Waals surface area (Å²) in [6.07, 6.45) is 0.192. The third-order valence-corrected chi connectivity index (χ3v) is 4.96. The van der Waals surface area contributed by atoms with Gasteiger partial charge in [0, 0.05) is 13.1 Å². The molecule has 2 aliphatic heterocycles. The molecule has 18 heavy (non-hydrogen) atoms. The molecular formula is C14H26N2O2. The van der Waals surface area contributed by atoms with Crippen LogP contribution in [-0.4, -0.2) is 41.6 Å². The Bertz CT molecular complexity index is 337. The Balaban J connectivity index is 1.98. The molecule has 2 heterocycles. The monoisotopic (exact) mass is 254 g/mol. The van der Waals surface area contributed by atoms with Gasteiger partial charge in [-0.05, 0) is 25.7 Å². The fourth-order valence-electron chi connectivity index (χ4n) is 3.09. The molecule has 0 aliphatic carbocycles. The molecule has 2 saturated heterocycles. The summed E-state index contributed by atoms with van der Waals surface area (Å²) in [4.78, 5) is 14.4. The van der Waals surface area contributed by atoms with Crippen molar-refractivity contribution in [2.45, 2.75) is 52.4 Å². The van der Waals surface area contributed by atoms with Gasteiger partial charge in [-0.1, -0.05) is 20.8 Å². The highest BCUT2D eigenvalue weighted by molar-refractivity contribution is 5.81. The van der Waals surface area contributed by atoms with E-state index in [-0.39, 0.29) is 29.6 Å². The Labute approximate surface area is 110 Å². The molecule has 0 aromatic rings. The van der Waals surface area contributed by atoms with Crippen LogP contribution in [0.5, 0.6) is 0 Å². The normalized spacial score (nSPS) is 38.9. The van der Waals surface area contributed by atoms with Crippen LogP contribution in [0.2, 0.25) is 0 Å². The lowest BCUT2D eigenvalue weighted by Crippen LogP contribution is -2.72. The van der Waals surface area contributed by atoms with Gasteiger partial charge < -0.3 is 15.4 Å². The van der Waals surface area contributed by atoms with Crippen molar-refractivity contribution in [1.29, 1.82) is 0 Å². The van der Waals surface area contributed by atoms with E-state index in [4.69, 9.17) is 10.5 Å². The van der Waals surface area contributed by atoms with E-state index in [0.717, 1.165) is 0 Å². The van der Waals surface area contributed by atoms with Crippen molar-refractivity contribution in [3.63, 3.8) is 0 Å². The highest BCUT2D eigenvalue weighted by atomic mass is 16.5. The number of likely N-dealkylation sites (tertiary alicyclic amines) is 1. The molecule has 0 radical (unpaired) electrons. The summed E-state index contributed by atoms with van der Waals surface area (Å²) in [5, 5.41) is 0. The van der Waals surface area contributed by atoms with Crippen molar-refractivity contribution in [2.75, 3.05) is 13.1 Å². The molecular weight excluding hydrogens is 228 g/mol. The molecule has 0 aromatic carbocycles. The van der Waals surface area contributed by atoms with E-state index in [2.05, 4.69) is 20.8 Å². The van der Waals surface area contributed by atoms with Crippen LogP contribution in [0.4, 0.5) is 0 Å². The predicted molar refractivity (Wildman–Crippen MR) is 71.0 cm³/mol. The molecule has 4 heteroatoms. The van der Waals surface area contributed by atoms with Crippen molar-refractivity contribution in [1.82, 2.24) is 4.90 Å². The van der Waals surface area contributed by atoms with Gasteiger partial charge in [-0.25, -0.2) is 0 Å². The molecule has 4 unspecified atom stereocenters. The van der Waals surface area contributed by atoms with Crippen molar-refractivity contribution in [2.24, 2.45) is 23.5 Å². The van der Waals surface area contributed by atoms with Crippen LogP contribution in [0.25, 0.3) is 0 Å². The zero-order valence-corrected chi connectivity index (χ0v) is 12.1. The Kier molecular flexibility index (Phi) is 3.45. The minimum absolute atomic E-state index is 0.00304. The maximum atomic E-state index is 12.5. The molecule has 2 rings (SSSR count). The molecule has 2 fully saturated rings. The van der Waals surface area contributed by atoms with Gasteiger partial charge in [-0.2, -0.15) is 0 Å². The number of amides is 1. The lowest BCUT2D eigenvalue weighted by atomic mass is 9.78. The second-order valence-corrected chi connectivity index (χ2v) is 6.51. The third-order valence-electron chi connectivity index (χ3n) is 4.96. The lowest BCUT2D eigenvalue weighted by Gasteiger charge is -2.51. The van der Waals surface area contributed by atoms with Crippen LogP contribution in [0.1, 0.15) is 34.6 Å². The Morgan fingerprint density at radius 1 is 1.28 bits per heavy atom. The molecule has 4 atom stereocenters. The minimum atomic E-state index is -0.187. The number of nitrogens with zero attached hydrogens (tertiary/aromatic N) is 1. The van der Waals surface area contributed by atoms with Gasteiger partial charge in [-0.3, -0.25) is 4.79 Å². The number of hydrogen-bond donors (Lipinski definition) is 1. The molecule has 2 aliphatic rings. The second kappa shape index (κ2) is 4.49. The summed E-state index contributed by atoms with van der Waals surface area (Å²) in [7, 11) is 0. The molecule has 0 saturated carbocycles. The zero-order chi connectivity index (χ0) is 13.7. The van der Waals surface area contributed by atoms with Gasteiger partial charge in [-0.15, -0.1) is 0 Å². The lowest BCUT2D eigenvalue weighted by molar-refractivity contribution is -0.147. The van der Waals surface area contributed by atoms with Gasteiger partial charge in [0.1, 0.15) is 0 Å². The summed E-state index contributed by atoms with van der Waals surface area (Å²) in [6, 6.07) is 0. The van der Waals surface area contributed by atoms with E-state index in [9.17, 15) is 4.79 Å². The molecule has 0 bridgehead atoms. The molecule has 4 nitrogen and oxygen atoms in total. The van der Waals surface area contributed by atoms with Crippen molar-refractivity contribution in [3.05, 3.63) is 0 Å². The maximum absolute atomic E-state index is 12.5. The highest BCUT2D eigenvalue weighted by Gasteiger charge is 2.50. The van der Waals surface area contributed by atoms with E-state index in [1.807, 2.05) is 18.7 Å². The summed E-state index contributed by atoms with van der Waals surface area (Å²) in [5.41, 5.74) is 6.06. The smallest absolute Gasteiger partial charge is 0.228 e. The molecule has 2 N–H and O–H groups in total. The largest absolute Gasteiger partial charge is 0.374 e. The Morgan fingerprint density at radius 2 is 1.83 bits per heavy atom. The third kappa shape index (κ3) is 2.05. The number of rotatable bonds is 2. The molecule has 0 aromatic heterocycles. The summed E-state index contributed by atoms with van der Waals surface area (Å²) < 4.78 is 5.75. The number of carbonyl (C=O) groups is 1. The quantitative estimate of drug-likeness (QED) is 0.806. The minimum Gasteiger partial charge on any atom is -0.374 e. The average molecular weight is 254 g/mol. The van der Waals surface area contributed by atoms with Crippen LogP contribution in [0.15, 0.2) is 0 Å². The number of carbonyl (C=O) groups excluding carboxylic acids is 1. The first-order chi connectivity index (χ1) is 8.26. The molecule has 0 spiro atoms. The van der Waals surface area contributed by atoms with Crippen LogP contribution < -0.4 is 5.73 Å². The van der Waals surface area contributed by atoms with E-state index < -0.39 is 0 Å². The van der Waals surface area contributed by atoms with Gasteiger partial charge in [0.15, 0.2) is 0 Å². The van der Waals surface area contributed by atoms with Crippen LogP contribution in [-0.2, 0) is 9.53 Å². The van der Waals surface area contributed by atoms with Gasteiger partial charge >= 0.3 is 0 Å². The average Bonchev–Trinajstić information content (AvgIpc) is 2.47. The van der Waals surface area contributed by atoms with Gasteiger partial charge in [0.2, 0.25) is 5.91 Å². The Morgan fingerprint density at radius 3 is 2.22 bits per heavy atom. The fraction of sp³-hybridized carbons (Fsp3) is 0.929. The van der Waals surface area contributed by atoms with Gasteiger partial charge in [0.05, 0.1) is 23.7 Å². The summed E-state index contributed by atoms with van der Waals surface area (Å²) in [5.74, 6) is 0.923. The number of ether oxygens (including phenoxy) is 1. The predicted octanol–water partition coefficient (Wildman–Crippen LogP) is 1.24. The first kappa shape index (κ1) is 13.8. The topological polar surface area (TPSA) is 55.6 Å². The van der Waals surface area contributed by atoms with Crippen LogP contribution >= 0.6 is 0 Å². The standard InChI is InChI=1S/C14H26N2O2/c1-8(2)14(15)6-16(7-14)13(17)12-9(3)10(4)18-11(12)5/h8-12H,6-7,15H2,1-5H3. The van der Waals surface area contributed by atoms with E-state index in [1.165, 1.54) is 0 Å². The van der Waals surface area contributed by atoms with E-state index in [1.54, 1.807) is 0 Å². The number of hydrogen-bond acceptors (Lipinski definition) is 3. The van der Waals surface area contributed by atoms with Gasteiger partial charge in [0.25, 0.3) is 0 Å². The molecule has 1 amide bonds.